The van der Waals surface area contributed by atoms with Crippen molar-refractivity contribution in [2.75, 3.05) is 0 Å². The van der Waals surface area contributed by atoms with Gasteiger partial charge in [0.1, 0.15) is 0 Å². The molecule has 2 nitrogen and oxygen atoms in total. The summed E-state index contributed by atoms with van der Waals surface area (Å²) < 4.78 is 1.15. The number of hydrogen-bond acceptors (Lipinski definition) is 3. The molecule has 2 rings (SSSR count). The first-order chi connectivity index (χ1) is 8.59. The second-order valence-corrected chi connectivity index (χ2v) is 6.17. The van der Waals surface area contributed by atoms with Crippen LogP contribution < -0.4 is 5.32 Å². The molecule has 0 spiro atoms. The average Bonchev–Trinajstić information content (AvgIpc) is 2.76. The molecule has 0 bridgehead atoms. The number of nitrogens with zero attached hydrogens (tertiary/aromatic N) is 1. The lowest BCUT2D eigenvalue weighted by molar-refractivity contribution is 0.497. The third-order valence-corrected chi connectivity index (χ3v) is 4.88. The van der Waals surface area contributed by atoms with Crippen LogP contribution in [0.2, 0.25) is 0 Å². The Morgan fingerprint density at radius 2 is 1.94 bits per heavy atom. The smallest absolute Gasteiger partial charge is 0.0798 e. The normalized spacial score (nSPS) is 14.4. The maximum atomic E-state index is 4.30. The van der Waals surface area contributed by atoms with Crippen LogP contribution in [0.4, 0.5) is 0 Å². The van der Waals surface area contributed by atoms with Crippen molar-refractivity contribution in [2.24, 2.45) is 0 Å². The first-order valence-corrected chi connectivity index (χ1v) is 7.67. The molecular weight excluding hydrogens is 308 g/mol. The van der Waals surface area contributed by atoms with E-state index in [2.05, 4.69) is 65.2 Å². The van der Waals surface area contributed by atoms with E-state index in [0.717, 1.165) is 10.2 Å². The van der Waals surface area contributed by atoms with E-state index < -0.39 is 0 Å². The lowest BCUT2D eigenvalue weighted by atomic mass is 10.1. The van der Waals surface area contributed by atoms with Crippen LogP contribution in [0, 0.1) is 6.92 Å². The molecule has 1 aromatic carbocycles. The minimum Gasteiger partial charge on any atom is -0.303 e. The quantitative estimate of drug-likeness (QED) is 0.887. The molecule has 96 valence electrons. The van der Waals surface area contributed by atoms with Gasteiger partial charge in [-0.15, -0.1) is 11.3 Å². The number of hydrogen-bond donors (Lipinski definition) is 1. The third kappa shape index (κ3) is 2.99. The fourth-order valence-electron chi connectivity index (χ4n) is 2.09. The number of halogens is 1. The Hall–Kier alpha value is -0.710. The van der Waals surface area contributed by atoms with Crippen molar-refractivity contribution in [1.29, 1.82) is 0 Å². The SMILES string of the molecule is Cc1ncsc1C(C)N[C@@H](C)c1ccccc1Br. The maximum Gasteiger partial charge on any atom is 0.0798 e. The van der Waals surface area contributed by atoms with E-state index in [1.165, 1.54) is 10.4 Å². The Labute approximate surface area is 121 Å². The molecule has 18 heavy (non-hydrogen) atoms. The number of benzene rings is 1. The van der Waals surface area contributed by atoms with Gasteiger partial charge < -0.3 is 5.32 Å². The third-order valence-electron chi connectivity index (χ3n) is 3.05. The van der Waals surface area contributed by atoms with E-state index in [-0.39, 0.29) is 0 Å². The fraction of sp³-hybridized carbons (Fsp3) is 0.357. The molecule has 1 heterocycles. The summed E-state index contributed by atoms with van der Waals surface area (Å²) in [6, 6.07) is 8.96. The van der Waals surface area contributed by atoms with E-state index in [1.807, 2.05) is 11.6 Å². The highest BCUT2D eigenvalue weighted by Crippen LogP contribution is 2.27. The summed E-state index contributed by atoms with van der Waals surface area (Å²) in [7, 11) is 0. The van der Waals surface area contributed by atoms with Crippen LogP contribution in [0.25, 0.3) is 0 Å². The van der Waals surface area contributed by atoms with Gasteiger partial charge in [0.25, 0.3) is 0 Å². The maximum absolute atomic E-state index is 4.30. The van der Waals surface area contributed by atoms with Crippen LogP contribution in [0.1, 0.15) is 42.1 Å². The summed E-state index contributed by atoms with van der Waals surface area (Å²) >= 11 is 5.31. The van der Waals surface area contributed by atoms with Crippen molar-refractivity contribution in [1.82, 2.24) is 10.3 Å². The van der Waals surface area contributed by atoms with Gasteiger partial charge in [-0.2, -0.15) is 0 Å². The number of nitrogens with one attached hydrogen (secondary N) is 1. The first kappa shape index (κ1) is 13.7. The molecule has 1 N–H and O–H groups in total. The van der Waals surface area contributed by atoms with Gasteiger partial charge in [-0.3, -0.25) is 0 Å². The summed E-state index contributed by atoms with van der Waals surface area (Å²) in [5.74, 6) is 0. The average molecular weight is 325 g/mol. The number of thiazole rings is 1. The summed E-state index contributed by atoms with van der Waals surface area (Å²) in [6.07, 6.45) is 0. The predicted molar refractivity (Wildman–Crippen MR) is 81.0 cm³/mol. The van der Waals surface area contributed by atoms with Gasteiger partial charge in [-0.25, -0.2) is 4.98 Å². The van der Waals surface area contributed by atoms with Crippen molar-refractivity contribution in [2.45, 2.75) is 32.9 Å². The summed E-state index contributed by atoms with van der Waals surface area (Å²) in [5.41, 5.74) is 4.32. The van der Waals surface area contributed by atoms with Crippen molar-refractivity contribution in [3.05, 3.63) is 50.4 Å². The molecule has 1 unspecified atom stereocenters. The molecule has 0 saturated carbocycles. The molecule has 0 aliphatic rings. The van der Waals surface area contributed by atoms with Gasteiger partial charge in [0.05, 0.1) is 11.2 Å². The summed E-state index contributed by atoms with van der Waals surface area (Å²) in [5, 5.41) is 3.62. The predicted octanol–water partition coefficient (Wildman–Crippen LogP) is 4.63. The molecule has 2 atom stereocenters. The second kappa shape index (κ2) is 5.95. The van der Waals surface area contributed by atoms with Crippen LogP contribution in [0.3, 0.4) is 0 Å². The molecular formula is C14H17BrN2S. The molecule has 1 aromatic heterocycles. The van der Waals surface area contributed by atoms with Crippen molar-refractivity contribution in [3.8, 4) is 0 Å². The Morgan fingerprint density at radius 1 is 1.22 bits per heavy atom. The first-order valence-electron chi connectivity index (χ1n) is 6.00. The van der Waals surface area contributed by atoms with Crippen molar-refractivity contribution >= 4 is 27.3 Å². The van der Waals surface area contributed by atoms with Crippen LogP contribution in [0.5, 0.6) is 0 Å². The zero-order valence-electron chi connectivity index (χ0n) is 10.8. The highest BCUT2D eigenvalue weighted by Gasteiger charge is 2.15. The second-order valence-electron chi connectivity index (χ2n) is 4.43. The Kier molecular flexibility index (Phi) is 4.54. The summed E-state index contributed by atoms with van der Waals surface area (Å²) in [4.78, 5) is 5.62. The zero-order chi connectivity index (χ0) is 13.1. The van der Waals surface area contributed by atoms with Gasteiger partial charge in [0, 0.05) is 21.4 Å². The lowest BCUT2D eigenvalue weighted by Gasteiger charge is -2.20. The zero-order valence-corrected chi connectivity index (χ0v) is 13.2. The monoisotopic (exact) mass is 324 g/mol. The van der Waals surface area contributed by atoms with Gasteiger partial charge in [0.15, 0.2) is 0 Å². The van der Waals surface area contributed by atoms with Crippen LogP contribution in [-0.4, -0.2) is 4.98 Å². The minimum absolute atomic E-state index is 0.303. The van der Waals surface area contributed by atoms with Crippen molar-refractivity contribution in [3.63, 3.8) is 0 Å². The highest BCUT2D eigenvalue weighted by molar-refractivity contribution is 9.10. The Morgan fingerprint density at radius 3 is 2.56 bits per heavy atom. The van der Waals surface area contributed by atoms with Gasteiger partial charge >= 0.3 is 0 Å². The van der Waals surface area contributed by atoms with Gasteiger partial charge in [0.2, 0.25) is 0 Å². The molecule has 0 fully saturated rings. The van der Waals surface area contributed by atoms with Crippen LogP contribution >= 0.6 is 27.3 Å². The number of rotatable bonds is 4. The van der Waals surface area contributed by atoms with E-state index >= 15 is 0 Å². The molecule has 0 saturated heterocycles. The Balaban J connectivity index is 2.11. The molecule has 0 aliphatic heterocycles. The number of aryl methyl sites for hydroxylation is 1. The van der Waals surface area contributed by atoms with E-state index in [9.17, 15) is 0 Å². The molecule has 0 aliphatic carbocycles. The van der Waals surface area contributed by atoms with E-state index in [4.69, 9.17) is 0 Å². The van der Waals surface area contributed by atoms with Crippen LogP contribution in [-0.2, 0) is 0 Å². The highest BCUT2D eigenvalue weighted by atomic mass is 79.9. The lowest BCUT2D eigenvalue weighted by Crippen LogP contribution is -2.22. The topological polar surface area (TPSA) is 24.9 Å². The molecule has 0 radical (unpaired) electrons. The standard InChI is InChI=1S/C14H17BrN2S/c1-9(12-6-4-5-7-13(12)15)17-11(3)14-10(2)16-8-18-14/h4-9,11,17H,1-3H3/t9-,11?/m0/s1. The van der Waals surface area contributed by atoms with E-state index in [1.54, 1.807) is 11.3 Å². The van der Waals surface area contributed by atoms with Crippen molar-refractivity contribution < 1.29 is 0 Å². The van der Waals surface area contributed by atoms with E-state index in [0.29, 0.717) is 12.1 Å². The molecule has 2 aromatic rings. The van der Waals surface area contributed by atoms with Gasteiger partial charge in [-0.05, 0) is 32.4 Å². The van der Waals surface area contributed by atoms with Crippen LogP contribution in [0.15, 0.2) is 34.2 Å². The molecule has 0 amide bonds. The minimum atomic E-state index is 0.303. The number of aromatic nitrogens is 1. The largest absolute Gasteiger partial charge is 0.303 e. The summed E-state index contributed by atoms with van der Waals surface area (Å²) in [6.45, 7) is 6.44. The molecule has 4 heteroatoms. The fourth-order valence-corrected chi connectivity index (χ4v) is 3.54. The van der Waals surface area contributed by atoms with Gasteiger partial charge in [-0.1, -0.05) is 34.1 Å². The Bertz CT molecular complexity index is 524.